The van der Waals surface area contributed by atoms with Gasteiger partial charge in [0.2, 0.25) is 5.95 Å². The van der Waals surface area contributed by atoms with Crippen LogP contribution in [0.1, 0.15) is 21.6 Å². The van der Waals surface area contributed by atoms with Gasteiger partial charge in [-0.3, -0.25) is 0 Å². The number of halogens is 4. The monoisotopic (exact) mass is 444 g/mol. The van der Waals surface area contributed by atoms with Gasteiger partial charge in [0, 0.05) is 29.5 Å². The Kier molecular flexibility index (Phi) is 5.34. The first-order valence-electron chi connectivity index (χ1n) is 8.98. The molecule has 4 heterocycles. The number of aromatic carboxylic acids is 1. The quantitative estimate of drug-likeness (QED) is 0.435. The first-order chi connectivity index (χ1) is 15.3. The first-order valence-corrected chi connectivity index (χ1v) is 8.98. The fourth-order valence-corrected chi connectivity index (χ4v) is 2.87. The van der Waals surface area contributed by atoms with Crippen molar-refractivity contribution in [1.29, 1.82) is 0 Å². The second-order valence-electron chi connectivity index (χ2n) is 6.49. The second kappa shape index (κ2) is 8.13. The Labute approximate surface area is 177 Å². The van der Waals surface area contributed by atoms with E-state index in [1.807, 2.05) is 0 Å². The van der Waals surface area contributed by atoms with Gasteiger partial charge in [-0.05, 0) is 24.3 Å². The lowest BCUT2D eigenvalue weighted by molar-refractivity contribution is -0.138. The van der Waals surface area contributed by atoms with Crippen LogP contribution in [0.4, 0.5) is 29.2 Å². The highest BCUT2D eigenvalue weighted by Crippen LogP contribution is 2.30. The molecule has 0 atom stereocenters. The summed E-state index contributed by atoms with van der Waals surface area (Å²) < 4.78 is 51.4. The van der Waals surface area contributed by atoms with Crippen molar-refractivity contribution in [3.8, 4) is 11.4 Å². The number of fused-ring (bicyclic) bond motifs is 1. The van der Waals surface area contributed by atoms with Gasteiger partial charge in [-0.2, -0.15) is 13.2 Å². The Hall–Kier alpha value is -4.22. The molecular weight excluding hydrogens is 432 g/mol. The number of anilines is 2. The average molecular weight is 444 g/mol. The third kappa shape index (κ3) is 4.15. The minimum absolute atomic E-state index is 0.0647. The minimum Gasteiger partial charge on any atom is -0.477 e. The van der Waals surface area contributed by atoms with Gasteiger partial charge in [-0.15, -0.1) is 0 Å². The molecule has 0 unspecified atom stereocenters. The number of pyridine rings is 3. The summed E-state index contributed by atoms with van der Waals surface area (Å²) in [4.78, 5) is 31.0. The molecule has 0 aliphatic heterocycles. The van der Waals surface area contributed by atoms with E-state index in [-0.39, 0.29) is 34.2 Å². The highest BCUT2D eigenvalue weighted by Gasteiger charge is 2.31. The van der Waals surface area contributed by atoms with Gasteiger partial charge in [-0.1, -0.05) is 6.07 Å². The molecule has 162 valence electrons. The van der Waals surface area contributed by atoms with Crippen LogP contribution < -0.4 is 5.32 Å². The number of aromatic nitrogens is 5. The molecule has 0 aliphatic carbocycles. The summed E-state index contributed by atoms with van der Waals surface area (Å²) in [6.07, 6.45) is -1.82. The lowest BCUT2D eigenvalue weighted by atomic mass is 10.1. The molecule has 0 bridgehead atoms. The zero-order chi connectivity index (χ0) is 22.9. The van der Waals surface area contributed by atoms with Crippen LogP contribution in [0.2, 0.25) is 0 Å². The normalized spacial score (nSPS) is 11.5. The maximum absolute atomic E-state index is 13.4. The third-order valence-corrected chi connectivity index (χ3v) is 4.41. The SMILES string of the molecule is O=C(O)c1ccc(CF)c(-c2ccc3c(Nc4ncc(C(F)(F)F)cn4)ccnc3n2)n1. The van der Waals surface area contributed by atoms with Gasteiger partial charge in [0.1, 0.15) is 12.4 Å². The van der Waals surface area contributed by atoms with Crippen molar-refractivity contribution >= 4 is 28.6 Å². The maximum Gasteiger partial charge on any atom is 0.419 e. The number of carbonyl (C=O) groups is 1. The summed E-state index contributed by atoms with van der Waals surface area (Å²) in [7, 11) is 0. The standard InChI is InChI=1S/C20H12F4N6O2/c21-7-10-1-3-15(18(31)32)28-16(10)14-4-2-12-13(5-6-25-17(12)29-14)30-19-26-8-11(9-27-19)20(22,23)24/h1-6,8-9H,7H2,(H,31,32)(H,25,26,27,29,30). The van der Waals surface area contributed by atoms with Gasteiger partial charge in [0.15, 0.2) is 5.65 Å². The van der Waals surface area contributed by atoms with Crippen LogP contribution in [0.25, 0.3) is 22.4 Å². The molecule has 2 N–H and O–H groups in total. The number of nitrogens with one attached hydrogen (secondary N) is 1. The highest BCUT2D eigenvalue weighted by molar-refractivity contribution is 5.91. The number of rotatable bonds is 5. The van der Waals surface area contributed by atoms with Crippen molar-refractivity contribution < 1.29 is 27.5 Å². The van der Waals surface area contributed by atoms with Crippen LogP contribution in [0.3, 0.4) is 0 Å². The number of nitrogens with zero attached hydrogens (tertiary/aromatic N) is 5. The number of hydrogen-bond acceptors (Lipinski definition) is 7. The summed E-state index contributed by atoms with van der Waals surface area (Å²) in [6.45, 7) is -0.873. The predicted octanol–water partition coefficient (Wildman–Crippen LogP) is 4.41. The predicted molar refractivity (Wildman–Crippen MR) is 105 cm³/mol. The molecule has 0 saturated carbocycles. The summed E-state index contributed by atoms with van der Waals surface area (Å²) in [5, 5.41) is 12.4. The summed E-state index contributed by atoms with van der Waals surface area (Å²) in [6, 6.07) is 7.18. The van der Waals surface area contributed by atoms with Gasteiger partial charge in [-0.25, -0.2) is 34.1 Å². The van der Waals surface area contributed by atoms with E-state index < -0.39 is 24.4 Å². The third-order valence-electron chi connectivity index (χ3n) is 4.41. The van der Waals surface area contributed by atoms with E-state index in [1.54, 1.807) is 12.1 Å². The molecule has 0 aromatic carbocycles. The molecule has 12 heteroatoms. The van der Waals surface area contributed by atoms with Crippen LogP contribution in [-0.2, 0) is 12.9 Å². The molecule has 0 radical (unpaired) electrons. The first kappa shape index (κ1) is 21.0. The van der Waals surface area contributed by atoms with E-state index in [9.17, 15) is 22.4 Å². The Morgan fingerprint density at radius 3 is 2.41 bits per heavy atom. The molecule has 4 rings (SSSR count). The lowest BCUT2D eigenvalue weighted by Crippen LogP contribution is -2.07. The fourth-order valence-electron chi connectivity index (χ4n) is 2.87. The Balaban J connectivity index is 1.71. The fraction of sp³-hybridized carbons (Fsp3) is 0.100. The van der Waals surface area contributed by atoms with Gasteiger partial charge < -0.3 is 10.4 Å². The topological polar surface area (TPSA) is 114 Å². The minimum atomic E-state index is -4.55. The average Bonchev–Trinajstić information content (AvgIpc) is 2.78. The Morgan fingerprint density at radius 2 is 1.75 bits per heavy atom. The number of hydrogen-bond donors (Lipinski definition) is 2. The molecule has 0 fully saturated rings. The van der Waals surface area contributed by atoms with Crippen LogP contribution in [0, 0.1) is 0 Å². The summed E-state index contributed by atoms with van der Waals surface area (Å²) in [5.74, 6) is -1.33. The van der Waals surface area contributed by atoms with Crippen LogP contribution in [-0.4, -0.2) is 36.0 Å². The molecule has 0 spiro atoms. The Morgan fingerprint density at radius 1 is 1.00 bits per heavy atom. The van der Waals surface area contributed by atoms with Crippen LogP contribution >= 0.6 is 0 Å². The van der Waals surface area contributed by atoms with E-state index in [4.69, 9.17) is 5.11 Å². The summed E-state index contributed by atoms with van der Waals surface area (Å²) in [5.41, 5.74) is -0.160. The molecule has 4 aromatic rings. The van der Waals surface area contributed by atoms with E-state index >= 15 is 0 Å². The molecule has 0 amide bonds. The molecule has 0 saturated heterocycles. The van der Waals surface area contributed by atoms with E-state index in [0.717, 1.165) is 0 Å². The number of alkyl halides is 4. The molecule has 8 nitrogen and oxygen atoms in total. The van der Waals surface area contributed by atoms with Crippen molar-refractivity contribution in [3.63, 3.8) is 0 Å². The zero-order valence-electron chi connectivity index (χ0n) is 15.9. The van der Waals surface area contributed by atoms with E-state index in [0.29, 0.717) is 23.5 Å². The van der Waals surface area contributed by atoms with Crippen LogP contribution in [0.15, 0.2) is 48.9 Å². The largest absolute Gasteiger partial charge is 0.477 e. The van der Waals surface area contributed by atoms with E-state index in [2.05, 4.69) is 30.2 Å². The smallest absolute Gasteiger partial charge is 0.419 e. The molecule has 0 aliphatic rings. The van der Waals surface area contributed by atoms with Crippen molar-refractivity contribution in [2.45, 2.75) is 12.9 Å². The number of carboxylic acid groups (broad SMARTS) is 1. The lowest BCUT2D eigenvalue weighted by Gasteiger charge is -2.11. The van der Waals surface area contributed by atoms with Gasteiger partial charge in [0.05, 0.1) is 22.6 Å². The zero-order valence-corrected chi connectivity index (χ0v) is 15.9. The van der Waals surface area contributed by atoms with Crippen molar-refractivity contribution in [2.24, 2.45) is 0 Å². The molecule has 4 aromatic heterocycles. The van der Waals surface area contributed by atoms with Gasteiger partial charge >= 0.3 is 12.1 Å². The van der Waals surface area contributed by atoms with Crippen molar-refractivity contribution in [1.82, 2.24) is 24.9 Å². The van der Waals surface area contributed by atoms with Gasteiger partial charge in [0.25, 0.3) is 0 Å². The molecule has 32 heavy (non-hydrogen) atoms. The van der Waals surface area contributed by atoms with Crippen molar-refractivity contribution in [3.05, 3.63) is 65.7 Å². The summed E-state index contributed by atoms with van der Waals surface area (Å²) >= 11 is 0. The number of carboxylic acids is 1. The van der Waals surface area contributed by atoms with Crippen molar-refractivity contribution in [2.75, 3.05) is 5.32 Å². The maximum atomic E-state index is 13.4. The van der Waals surface area contributed by atoms with Crippen LogP contribution in [0.5, 0.6) is 0 Å². The highest BCUT2D eigenvalue weighted by atomic mass is 19.4. The second-order valence-corrected chi connectivity index (χ2v) is 6.49. The van der Waals surface area contributed by atoms with E-state index in [1.165, 1.54) is 24.4 Å². The Bertz CT molecular complexity index is 1310. The molecular formula is C20H12F4N6O2.